The predicted octanol–water partition coefficient (Wildman–Crippen LogP) is 0.783. The van der Waals surface area contributed by atoms with Gasteiger partial charge in [0.05, 0.1) is 5.69 Å². The molecule has 2 aromatic rings. The molecule has 0 N–H and O–H groups in total. The summed E-state index contributed by atoms with van der Waals surface area (Å²) in [6, 6.07) is 3.40. The van der Waals surface area contributed by atoms with E-state index in [4.69, 9.17) is 0 Å². The van der Waals surface area contributed by atoms with Crippen LogP contribution in [-0.4, -0.2) is 26.0 Å². The van der Waals surface area contributed by atoms with E-state index < -0.39 is 0 Å². The lowest BCUT2D eigenvalue weighted by Gasteiger charge is -1.99. The molecule has 14 heavy (non-hydrogen) atoms. The average molecular weight is 188 g/mol. The molecule has 0 saturated heterocycles. The number of carbonyl (C=O) groups is 1. The van der Waals surface area contributed by atoms with Crippen LogP contribution in [0.15, 0.2) is 24.7 Å². The Kier molecular flexibility index (Phi) is 2.06. The Bertz CT molecular complexity index is 449. The number of hydrogen-bond acceptors (Lipinski definition) is 4. The van der Waals surface area contributed by atoms with Crippen molar-refractivity contribution in [2.24, 2.45) is 0 Å². The van der Waals surface area contributed by atoms with E-state index in [1.54, 1.807) is 18.3 Å². The number of carbonyl (C=O) groups excluding carboxylic acids is 1. The predicted molar refractivity (Wildman–Crippen MR) is 49.3 cm³/mol. The molecule has 0 aliphatic heterocycles. The summed E-state index contributed by atoms with van der Waals surface area (Å²) in [5, 5.41) is 4.15. The molecule has 0 unspecified atom stereocenters. The van der Waals surface area contributed by atoms with Crippen molar-refractivity contribution in [3.05, 3.63) is 36.0 Å². The van der Waals surface area contributed by atoms with Gasteiger partial charge in [0, 0.05) is 12.3 Å². The van der Waals surface area contributed by atoms with Crippen molar-refractivity contribution in [2.75, 3.05) is 0 Å². The van der Waals surface area contributed by atoms with Gasteiger partial charge in [-0.15, -0.1) is 0 Å². The molecule has 0 bridgehead atoms. The average Bonchev–Trinajstić information content (AvgIpc) is 2.61. The minimum atomic E-state index is 0.487. The zero-order valence-electron chi connectivity index (χ0n) is 7.58. The summed E-state index contributed by atoms with van der Waals surface area (Å²) in [6.45, 7) is 1.82. The van der Waals surface area contributed by atoms with Gasteiger partial charge in [-0.05, 0) is 13.0 Å². The Balaban J connectivity index is 2.56. The van der Waals surface area contributed by atoms with Gasteiger partial charge in [0.15, 0.2) is 12.1 Å². The Hall–Kier alpha value is -2.04. The molecule has 0 fully saturated rings. The number of nitrogens with zero attached hydrogens (tertiary/aromatic N) is 4. The van der Waals surface area contributed by atoms with Crippen LogP contribution in [0.1, 0.15) is 16.2 Å². The van der Waals surface area contributed by atoms with Gasteiger partial charge in [0.25, 0.3) is 0 Å². The monoisotopic (exact) mass is 188 g/mol. The summed E-state index contributed by atoms with van der Waals surface area (Å²) in [5.74, 6) is 0.593. The summed E-state index contributed by atoms with van der Waals surface area (Å²) in [6.07, 6.45) is 3.77. The van der Waals surface area contributed by atoms with Gasteiger partial charge in [-0.1, -0.05) is 0 Å². The fraction of sp³-hybridized carbons (Fsp3) is 0.111. The first-order chi connectivity index (χ1) is 6.81. The first-order valence-electron chi connectivity index (χ1n) is 4.09. The van der Waals surface area contributed by atoms with Crippen molar-refractivity contribution in [3.63, 3.8) is 0 Å². The maximum Gasteiger partial charge on any atom is 0.168 e. The van der Waals surface area contributed by atoms with Gasteiger partial charge >= 0.3 is 0 Å². The number of aromatic nitrogens is 4. The molecular weight excluding hydrogens is 180 g/mol. The highest BCUT2D eigenvalue weighted by Gasteiger charge is 2.06. The van der Waals surface area contributed by atoms with Crippen LogP contribution < -0.4 is 0 Å². The fourth-order valence-corrected chi connectivity index (χ4v) is 1.20. The van der Waals surface area contributed by atoms with Crippen LogP contribution in [0.25, 0.3) is 5.82 Å². The topological polar surface area (TPSA) is 60.7 Å². The quantitative estimate of drug-likeness (QED) is 0.653. The maximum atomic E-state index is 10.7. The molecule has 2 aromatic heterocycles. The van der Waals surface area contributed by atoms with Crippen LogP contribution in [-0.2, 0) is 0 Å². The van der Waals surface area contributed by atoms with Crippen molar-refractivity contribution in [1.82, 2.24) is 19.7 Å². The summed E-state index contributed by atoms with van der Waals surface area (Å²) in [7, 11) is 0. The second-order valence-electron chi connectivity index (χ2n) is 2.81. The molecule has 5 heteroatoms. The third-order valence-electron chi connectivity index (χ3n) is 1.76. The minimum Gasteiger partial charge on any atom is -0.296 e. The van der Waals surface area contributed by atoms with Crippen LogP contribution in [0.2, 0.25) is 0 Å². The third kappa shape index (κ3) is 1.39. The van der Waals surface area contributed by atoms with Gasteiger partial charge in [0.2, 0.25) is 0 Å². The van der Waals surface area contributed by atoms with Crippen molar-refractivity contribution in [2.45, 2.75) is 6.92 Å². The Morgan fingerprint density at radius 2 is 2.36 bits per heavy atom. The summed E-state index contributed by atoms with van der Waals surface area (Å²) >= 11 is 0. The lowest BCUT2D eigenvalue weighted by atomic mass is 10.4. The lowest BCUT2D eigenvalue weighted by Crippen LogP contribution is -2.03. The largest absolute Gasteiger partial charge is 0.296 e. The first kappa shape index (κ1) is 8.55. The fourth-order valence-electron chi connectivity index (χ4n) is 1.20. The smallest absolute Gasteiger partial charge is 0.168 e. The molecule has 0 radical (unpaired) electrons. The van der Waals surface area contributed by atoms with Crippen LogP contribution in [0.3, 0.4) is 0 Å². The molecule has 0 aliphatic rings. The highest BCUT2D eigenvalue weighted by atomic mass is 16.1. The van der Waals surface area contributed by atoms with E-state index in [0.29, 0.717) is 11.5 Å². The molecule has 2 heterocycles. The molecular formula is C9H8N4O. The van der Waals surface area contributed by atoms with Crippen LogP contribution >= 0.6 is 0 Å². The summed E-state index contributed by atoms with van der Waals surface area (Å²) < 4.78 is 1.49. The molecule has 0 amide bonds. The number of hydrogen-bond donors (Lipinski definition) is 0. The van der Waals surface area contributed by atoms with Gasteiger partial charge in [-0.25, -0.2) is 14.6 Å². The molecule has 70 valence electrons. The Morgan fingerprint density at radius 1 is 1.50 bits per heavy atom. The van der Waals surface area contributed by atoms with Gasteiger partial charge < -0.3 is 0 Å². The standard InChI is InChI=1S/C9H8N4O/c1-7-4-8(5-14)13(12-7)9-2-3-10-6-11-9/h2-6H,1H3. The zero-order chi connectivity index (χ0) is 9.97. The molecule has 0 aromatic carbocycles. The van der Waals surface area contributed by atoms with E-state index in [-0.39, 0.29) is 0 Å². The lowest BCUT2D eigenvalue weighted by molar-refractivity contribution is 0.111. The van der Waals surface area contributed by atoms with Gasteiger partial charge in [-0.2, -0.15) is 5.10 Å². The highest BCUT2D eigenvalue weighted by molar-refractivity contribution is 5.73. The molecule has 0 atom stereocenters. The Labute approximate surface area is 80.4 Å². The number of aryl methyl sites for hydroxylation is 1. The molecule has 0 aliphatic carbocycles. The van der Waals surface area contributed by atoms with Crippen molar-refractivity contribution in [1.29, 1.82) is 0 Å². The van der Waals surface area contributed by atoms with Crippen molar-refractivity contribution >= 4 is 6.29 Å². The van der Waals surface area contributed by atoms with Crippen molar-refractivity contribution < 1.29 is 4.79 Å². The second kappa shape index (κ2) is 3.37. The van der Waals surface area contributed by atoms with E-state index in [2.05, 4.69) is 15.1 Å². The summed E-state index contributed by atoms with van der Waals surface area (Å²) in [4.78, 5) is 18.5. The maximum absolute atomic E-state index is 10.7. The number of rotatable bonds is 2. The van der Waals surface area contributed by atoms with E-state index in [1.165, 1.54) is 11.0 Å². The zero-order valence-corrected chi connectivity index (χ0v) is 7.58. The van der Waals surface area contributed by atoms with Crippen molar-refractivity contribution in [3.8, 4) is 5.82 Å². The van der Waals surface area contributed by atoms with Crippen LogP contribution in [0, 0.1) is 6.92 Å². The SMILES string of the molecule is Cc1cc(C=O)n(-c2ccncn2)n1. The minimum absolute atomic E-state index is 0.487. The molecule has 2 rings (SSSR count). The first-order valence-corrected chi connectivity index (χ1v) is 4.09. The second-order valence-corrected chi connectivity index (χ2v) is 2.81. The van der Waals surface area contributed by atoms with E-state index >= 15 is 0 Å². The summed E-state index contributed by atoms with van der Waals surface area (Å²) in [5.41, 5.74) is 1.27. The third-order valence-corrected chi connectivity index (χ3v) is 1.76. The van der Waals surface area contributed by atoms with E-state index in [9.17, 15) is 4.79 Å². The van der Waals surface area contributed by atoms with E-state index in [1.807, 2.05) is 6.92 Å². The normalized spacial score (nSPS) is 10.1. The van der Waals surface area contributed by atoms with Gasteiger partial charge in [-0.3, -0.25) is 4.79 Å². The van der Waals surface area contributed by atoms with E-state index in [0.717, 1.165) is 12.0 Å². The Morgan fingerprint density at radius 3 is 3.00 bits per heavy atom. The van der Waals surface area contributed by atoms with Crippen LogP contribution in [0.5, 0.6) is 0 Å². The highest BCUT2D eigenvalue weighted by Crippen LogP contribution is 2.06. The molecule has 0 spiro atoms. The van der Waals surface area contributed by atoms with Crippen LogP contribution in [0.4, 0.5) is 0 Å². The molecule has 5 nitrogen and oxygen atoms in total. The number of aldehydes is 1. The molecule has 0 saturated carbocycles. The van der Waals surface area contributed by atoms with Gasteiger partial charge in [0.1, 0.15) is 12.0 Å².